The topological polar surface area (TPSA) is 76.5 Å². The van der Waals surface area contributed by atoms with E-state index >= 15 is 0 Å². The average molecular weight is 461 g/mol. The molecule has 5 rings (SSSR count). The molecular weight excluding hydrogens is 443 g/mol. The lowest BCUT2D eigenvalue weighted by Crippen LogP contribution is -2.30. The Balaban J connectivity index is 1.59. The fourth-order valence-electron chi connectivity index (χ4n) is 3.98. The van der Waals surface area contributed by atoms with Gasteiger partial charge in [0.15, 0.2) is 17.1 Å². The molecule has 7 nitrogen and oxygen atoms in total. The summed E-state index contributed by atoms with van der Waals surface area (Å²) in [5, 5.41) is 9.63. The molecule has 0 N–H and O–H groups in total. The van der Waals surface area contributed by atoms with Crippen LogP contribution in [0.3, 0.4) is 0 Å². The number of halogens is 3. The van der Waals surface area contributed by atoms with Crippen LogP contribution in [0.25, 0.3) is 16.2 Å². The van der Waals surface area contributed by atoms with Gasteiger partial charge in [-0.3, -0.25) is 4.79 Å². The average Bonchev–Trinajstić information content (AvgIpc) is 3.56. The second-order valence-corrected chi connectivity index (χ2v) is 8.47. The zero-order valence-electron chi connectivity index (χ0n) is 17.0. The quantitative estimate of drug-likeness (QED) is 0.427. The lowest BCUT2D eigenvalue weighted by molar-refractivity contribution is -0.142. The minimum Gasteiger partial charge on any atom is -0.359 e. The number of amides is 1. The highest BCUT2D eigenvalue weighted by Crippen LogP contribution is 2.36. The smallest absolute Gasteiger partial charge is 0.359 e. The highest BCUT2D eigenvalue weighted by Gasteiger charge is 2.38. The second-order valence-electron chi connectivity index (χ2n) is 7.53. The van der Waals surface area contributed by atoms with Crippen LogP contribution in [0.4, 0.5) is 13.2 Å². The number of rotatable bonds is 4. The number of fused-ring (bicyclic) bond motifs is 1. The Morgan fingerprint density at radius 3 is 2.88 bits per heavy atom. The van der Waals surface area contributed by atoms with Gasteiger partial charge >= 0.3 is 6.18 Å². The van der Waals surface area contributed by atoms with Crippen molar-refractivity contribution in [3.8, 4) is 10.6 Å². The number of thiophene rings is 1. The maximum Gasteiger partial charge on any atom is 0.433 e. The number of alkyl halides is 3. The Hall–Kier alpha value is -3.21. The molecule has 4 aromatic rings. The number of carbonyl (C=O) groups excluding carboxylic acids is 1. The summed E-state index contributed by atoms with van der Waals surface area (Å²) in [5.41, 5.74) is -0.144. The Morgan fingerprint density at radius 2 is 2.19 bits per heavy atom. The van der Waals surface area contributed by atoms with Gasteiger partial charge in [0.1, 0.15) is 5.56 Å². The van der Waals surface area contributed by atoms with Crippen LogP contribution in [0, 0.1) is 0 Å². The summed E-state index contributed by atoms with van der Waals surface area (Å²) in [7, 11) is 0. The van der Waals surface area contributed by atoms with E-state index in [9.17, 15) is 18.0 Å². The number of likely N-dealkylation sites (tertiary alicyclic amines) is 1. The van der Waals surface area contributed by atoms with Crippen molar-refractivity contribution in [3.63, 3.8) is 0 Å². The van der Waals surface area contributed by atoms with Crippen molar-refractivity contribution in [2.45, 2.75) is 38.4 Å². The molecule has 0 unspecified atom stereocenters. The third kappa shape index (κ3) is 3.46. The van der Waals surface area contributed by atoms with Crippen molar-refractivity contribution in [1.29, 1.82) is 0 Å². The highest BCUT2D eigenvalue weighted by atomic mass is 32.1. The standard InChI is InChI=1S/C21H18F3N5O2S/c1-2-12-9-16(31-27-12)15-5-3-7-28(15)20(30)13-11-25-29-18(21(22,23)24)10-14(26-19(13)29)17-6-4-8-32-17/h4,6,8-11,15H,2-3,5,7H2,1H3/t15-/m0/s1. The minimum atomic E-state index is -4.66. The predicted octanol–water partition coefficient (Wildman–Crippen LogP) is 5.00. The van der Waals surface area contributed by atoms with E-state index in [1.807, 2.05) is 13.0 Å². The Bertz CT molecular complexity index is 1280. The first-order valence-electron chi connectivity index (χ1n) is 10.1. The summed E-state index contributed by atoms with van der Waals surface area (Å²) in [6, 6.07) is 5.87. The van der Waals surface area contributed by atoms with Crippen LogP contribution in [0.5, 0.6) is 0 Å². The van der Waals surface area contributed by atoms with Crippen molar-refractivity contribution in [3.05, 3.63) is 58.6 Å². The summed E-state index contributed by atoms with van der Waals surface area (Å²) in [4.78, 5) is 20.0. The first-order valence-corrected chi connectivity index (χ1v) is 11.0. The third-order valence-electron chi connectivity index (χ3n) is 5.55. The van der Waals surface area contributed by atoms with Crippen LogP contribution in [0.15, 0.2) is 40.4 Å². The van der Waals surface area contributed by atoms with Crippen LogP contribution in [-0.4, -0.2) is 37.1 Å². The second kappa shape index (κ2) is 7.73. The van der Waals surface area contributed by atoms with E-state index in [4.69, 9.17) is 4.52 Å². The first kappa shape index (κ1) is 20.7. The van der Waals surface area contributed by atoms with E-state index in [0.29, 0.717) is 34.5 Å². The molecule has 32 heavy (non-hydrogen) atoms. The maximum absolute atomic E-state index is 13.8. The lowest BCUT2D eigenvalue weighted by Gasteiger charge is -2.22. The summed E-state index contributed by atoms with van der Waals surface area (Å²) >= 11 is 1.27. The normalized spacial score (nSPS) is 16.9. The van der Waals surface area contributed by atoms with Crippen molar-refractivity contribution in [2.75, 3.05) is 6.54 Å². The van der Waals surface area contributed by atoms with Gasteiger partial charge in [-0.25, -0.2) is 9.50 Å². The van der Waals surface area contributed by atoms with E-state index in [0.717, 1.165) is 24.4 Å². The molecular formula is C21H18F3N5O2S. The van der Waals surface area contributed by atoms with E-state index in [-0.39, 0.29) is 22.9 Å². The van der Waals surface area contributed by atoms with Gasteiger partial charge in [-0.1, -0.05) is 18.1 Å². The number of hydrogen-bond donors (Lipinski definition) is 0. The van der Waals surface area contributed by atoms with Crippen molar-refractivity contribution < 1.29 is 22.5 Å². The van der Waals surface area contributed by atoms with E-state index < -0.39 is 17.8 Å². The van der Waals surface area contributed by atoms with Gasteiger partial charge in [0, 0.05) is 12.6 Å². The van der Waals surface area contributed by atoms with Gasteiger partial charge < -0.3 is 9.42 Å². The Morgan fingerprint density at radius 1 is 1.34 bits per heavy atom. The van der Waals surface area contributed by atoms with Gasteiger partial charge in [0.05, 0.1) is 28.5 Å². The van der Waals surface area contributed by atoms with Gasteiger partial charge in [-0.15, -0.1) is 11.3 Å². The molecule has 0 bridgehead atoms. The van der Waals surface area contributed by atoms with Crippen LogP contribution < -0.4 is 0 Å². The molecule has 0 spiro atoms. The molecule has 1 aliphatic heterocycles. The van der Waals surface area contributed by atoms with E-state index in [2.05, 4.69) is 15.2 Å². The number of aryl methyl sites for hydroxylation is 1. The summed E-state index contributed by atoms with van der Waals surface area (Å²) in [6.45, 7) is 2.41. The predicted molar refractivity (Wildman–Crippen MR) is 110 cm³/mol. The van der Waals surface area contributed by atoms with Gasteiger partial charge in [-0.05, 0) is 36.8 Å². The zero-order valence-corrected chi connectivity index (χ0v) is 17.8. The molecule has 5 heterocycles. The van der Waals surface area contributed by atoms with E-state index in [1.54, 1.807) is 22.4 Å². The lowest BCUT2D eigenvalue weighted by atomic mass is 10.1. The molecule has 1 atom stereocenters. The Labute approximate surface area is 184 Å². The third-order valence-corrected chi connectivity index (χ3v) is 6.44. The van der Waals surface area contributed by atoms with Crippen molar-refractivity contribution in [2.24, 2.45) is 0 Å². The number of hydrogen-bond acceptors (Lipinski definition) is 6. The molecule has 0 saturated carbocycles. The summed E-state index contributed by atoms with van der Waals surface area (Å²) in [6.07, 6.45) is -1.37. The largest absolute Gasteiger partial charge is 0.433 e. The zero-order chi connectivity index (χ0) is 22.5. The maximum atomic E-state index is 13.8. The molecule has 0 radical (unpaired) electrons. The van der Waals surface area contributed by atoms with Gasteiger partial charge in [-0.2, -0.15) is 18.3 Å². The molecule has 4 aromatic heterocycles. The molecule has 0 aliphatic carbocycles. The fourth-order valence-corrected chi connectivity index (χ4v) is 4.66. The SMILES string of the molecule is CCc1cc([C@@H]2CCCN2C(=O)c2cnn3c(C(F)(F)F)cc(-c4cccs4)nc23)on1. The molecule has 0 aromatic carbocycles. The molecule has 1 fully saturated rings. The number of carbonyl (C=O) groups is 1. The highest BCUT2D eigenvalue weighted by molar-refractivity contribution is 7.13. The minimum absolute atomic E-state index is 0.0241. The molecule has 1 saturated heterocycles. The molecule has 1 amide bonds. The fraction of sp³-hybridized carbons (Fsp3) is 0.333. The van der Waals surface area contributed by atoms with Crippen LogP contribution >= 0.6 is 11.3 Å². The number of nitrogens with zero attached hydrogens (tertiary/aromatic N) is 5. The first-order chi connectivity index (χ1) is 15.4. The van der Waals surface area contributed by atoms with Crippen LogP contribution in [0.1, 0.15) is 53.3 Å². The molecule has 11 heteroatoms. The summed E-state index contributed by atoms with van der Waals surface area (Å²) < 4.78 is 47.4. The van der Waals surface area contributed by atoms with Crippen LogP contribution in [0.2, 0.25) is 0 Å². The molecule has 1 aliphatic rings. The number of aromatic nitrogens is 4. The van der Waals surface area contributed by atoms with Gasteiger partial charge in [0.2, 0.25) is 0 Å². The van der Waals surface area contributed by atoms with Crippen molar-refractivity contribution >= 4 is 22.9 Å². The molecule has 166 valence electrons. The van der Waals surface area contributed by atoms with E-state index in [1.165, 1.54) is 11.3 Å². The summed E-state index contributed by atoms with van der Waals surface area (Å²) in [5.74, 6) is 0.147. The monoisotopic (exact) mass is 461 g/mol. The van der Waals surface area contributed by atoms with Gasteiger partial charge in [0.25, 0.3) is 5.91 Å². The Kier molecular flexibility index (Phi) is 5.00. The van der Waals surface area contributed by atoms with Crippen LogP contribution in [-0.2, 0) is 12.6 Å². The van der Waals surface area contributed by atoms with Crippen molar-refractivity contribution in [1.82, 2.24) is 24.7 Å².